The van der Waals surface area contributed by atoms with Gasteiger partial charge in [0.1, 0.15) is 0 Å². The zero-order valence-corrected chi connectivity index (χ0v) is 11.7. The van der Waals surface area contributed by atoms with Crippen LogP contribution in [0.5, 0.6) is 0 Å². The van der Waals surface area contributed by atoms with Gasteiger partial charge in [0.15, 0.2) is 0 Å². The van der Waals surface area contributed by atoms with Crippen LogP contribution in [0.4, 0.5) is 0 Å². The Morgan fingerprint density at radius 3 is 2.53 bits per heavy atom. The highest BCUT2D eigenvalue weighted by molar-refractivity contribution is 4.91. The van der Waals surface area contributed by atoms with Crippen LogP contribution in [0.15, 0.2) is 0 Å². The monoisotopic (exact) mass is 237 g/mol. The summed E-state index contributed by atoms with van der Waals surface area (Å²) in [5.74, 6) is 3.15. The lowest BCUT2D eigenvalue weighted by molar-refractivity contribution is 0.288. The van der Waals surface area contributed by atoms with Crippen molar-refractivity contribution >= 4 is 0 Å². The molecular formula is C16H31N. The van der Waals surface area contributed by atoms with Gasteiger partial charge in [0.05, 0.1) is 0 Å². The molecule has 2 saturated carbocycles. The van der Waals surface area contributed by atoms with Crippen molar-refractivity contribution in [3.8, 4) is 0 Å². The molecule has 4 unspecified atom stereocenters. The standard InChI is InChI=1S/C16H31N/c1-2-3-4-5-6-7-16(17)12-15-11-13-8-9-14(15)10-13/h13-16H,2-12,17H2,1H3. The van der Waals surface area contributed by atoms with E-state index in [1.54, 1.807) is 0 Å². The van der Waals surface area contributed by atoms with Gasteiger partial charge in [0.25, 0.3) is 0 Å². The van der Waals surface area contributed by atoms with Gasteiger partial charge in [-0.05, 0) is 49.9 Å². The lowest BCUT2D eigenvalue weighted by Crippen LogP contribution is -2.26. The maximum absolute atomic E-state index is 6.30. The first kappa shape index (κ1) is 13.4. The number of hydrogen-bond acceptors (Lipinski definition) is 1. The first-order valence-corrected chi connectivity index (χ1v) is 8.05. The maximum Gasteiger partial charge on any atom is 0.00415 e. The van der Waals surface area contributed by atoms with Crippen LogP contribution >= 0.6 is 0 Å². The molecular weight excluding hydrogens is 206 g/mol. The van der Waals surface area contributed by atoms with Crippen molar-refractivity contribution in [2.75, 3.05) is 0 Å². The highest BCUT2D eigenvalue weighted by Gasteiger charge is 2.39. The average Bonchev–Trinajstić information content (AvgIpc) is 2.90. The molecule has 0 aromatic carbocycles. The summed E-state index contributed by atoms with van der Waals surface area (Å²) in [4.78, 5) is 0. The Kier molecular flexibility index (Phi) is 5.34. The van der Waals surface area contributed by atoms with Crippen LogP contribution in [0, 0.1) is 17.8 Å². The number of unbranched alkanes of at least 4 members (excludes halogenated alkanes) is 4. The lowest BCUT2D eigenvalue weighted by atomic mass is 9.83. The predicted octanol–water partition coefficient (Wildman–Crippen LogP) is 4.50. The van der Waals surface area contributed by atoms with Crippen molar-refractivity contribution in [2.45, 2.75) is 83.6 Å². The number of fused-ring (bicyclic) bond motifs is 2. The van der Waals surface area contributed by atoms with Gasteiger partial charge in [-0.15, -0.1) is 0 Å². The van der Waals surface area contributed by atoms with Crippen LogP contribution in [0.1, 0.15) is 77.6 Å². The fraction of sp³-hybridized carbons (Fsp3) is 1.00. The second kappa shape index (κ2) is 6.78. The summed E-state index contributed by atoms with van der Waals surface area (Å²) in [6, 6.07) is 0.501. The van der Waals surface area contributed by atoms with Crippen LogP contribution in [-0.4, -0.2) is 6.04 Å². The van der Waals surface area contributed by atoms with E-state index >= 15 is 0 Å². The molecule has 0 heterocycles. The SMILES string of the molecule is CCCCCCCC(N)CC1CC2CCC1C2. The highest BCUT2D eigenvalue weighted by Crippen LogP contribution is 2.49. The molecule has 0 aromatic heterocycles. The van der Waals surface area contributed by atoms with Gasteiger partial charge >= 0.3 is 0 Å². The van der Waals surface area contributed by atoms with E-state index in [2.05, 4.69) is 6.92 Å². The molecule has 2 aliphatic carbocycles. The van der Waals surface area contributed by atoms with E-state index in [4.69, 9.17) is 5.73 Å². The highest BCUT2D eigenvalue weighted by atomic mass is 14.6. The van der Waals surface area contributed by atoms with Crippen LogP contribution < -0.4 is 5.73 Å². The van der Waals surface area contributed by atoms with Crippen molar-refractivity contribution in [3.63, 3.8) is 0 Å². The van der Waals surface area contributed by atoms with Crippen molar-refractivity contribution in [3.05, 3.63) is 0 Å². The van der Waals surface area contributed by atoms with Gasteiger partial charge in [-0.3, -0.25) is 0 Å². The molecule has 0 amide bonds. The average molecular weight is 237 g/mol. The molecule has 2 N–H and O–H groups in total. The Morgan fingerprint density at radius 1 is 1.06 bits per heavy atom. The molecule has 0 aromatic rings. The fourth-order valence-corrected chi connectivity index (χ4v) is 4.18. The molecule has 4 atom stereocenters. The lowest BCUT2D eigenvalue weighted by Gasteiger charge is -2.24. The second-order valence-electron chi connectivity index (χ2n) is 6.63. The molecule has 2 bridgehead atoms. The van der Waals surface area contributed by atoms with Crippen LogP contribution in [0.25, 0.3) is 0 Å². The van der Waals surface area contributed by atoms with Gasteiger partial charge < -0.3 is 5.73 Å². The molecule has 100 valence electrons. The quantitative estimate of drug-likeness (QED) is 0.618. The van der Waals surface area contributed by atoms with Crippen molar-refractivity contribution in [1.29, 1.82) is 0 Å². The summed E-state index contributed by atoms with van der Waals surface area (Å²) in [5, 5.41) is 0. The molecule has 2 fully saturated rings. The summed E-state index contributed by atoms with van der Waals surface area (Å²) in [7, 11) is 0. The Balaban J connectivity index is 1.53. The van der Waals surface area contributed by atoms with Gasteiger partial charge in [0.2, 0.25) is 0 Å². The van der Waals surface area contributed by atoms with Gasteiger partial charge in [-0.2, -0.15) is 0 Å². The molecule has 2 rings (SSSR count). The molecule has 1 nitrogen and oxygen atoms in total. The Hall–Kier alpha value is -0.0400. The third-order valence-corrected chi connectivity index (χ3v) is 5.17. The third-order valence-electron chi connectivity index (χ3n) is 5.17. The van der Waals surface area contributed by atoms with E-state index in [1.165, 1.54) is 70.6 Å². The maximum atomic E-state index is 6.30. The topological polar surface area (TPSA) is 26.0 Å². The molecule has 17 heavy (non-hydrogen) atoms. The second-order valence-corrected chi connectivity index (χ2v) is 6.63. The van der Waals surface area contributed by atoms with Crippen LogP contribution in [0.3, 0.4) is 0 Å². The predicted molar refractivity (Wildman–Crippen MR) is 74.9 cm³/mol. The fourth-order valence-electron chi connectivity index (χ4n) is 4.18. The molecule has 2 aliphatic rings. The molecule has 0 spiro atoms. The van der Waals surface area contributed by atoms with Crippen LogP contribution in [0.2, 0.25) is 0 Å². The van der Waals surface area contributed by atoms with Crippen molar-refractivity contribution < 1.29 is 0 Å². The molecule has 1 heteroatoms. The largest absolute Gasteiger partial charge is 0.328 e. The zero-order chi connectivity index (χ0) is 12.1. The summed E-state index contributed by atoms with van der Waals surface area (Å²) in [6.45, 7) is 2.28. The minimum absolute atomic E-state index is 0.501. The smallest absolute Gasteiger partial charge is 0.00415 e. The van der Waals surface area contributed by atoms with E-state index in [1.807, 2.05) is 0 Å². The summed E-state index contributed by atoms with van der Waals surface area (Å²) in [6.07, 6.45) is 15.6. The molecule has 0 aliphatic heterocycles. The summed E-state index contributed by atoms with van der Waals surface area (Å²) >= 11 is 0. The first-order valence-electron chi connectivity index (χ1n) is 8.05. The number of hydrogen-bond donors (Lipinski definition) is 1. The normalized spacial score (nSPS) is 33.2. The Bertz CT molecular complexity index is 214. The molecule has 0 radical (unpaired) electrons. The minimum Gasteiger partial charge on any atom is -0.328 e. The van der Waals surface area contributed by atoms with Gasteiger partial charge in [0, 0.05) is 6.04 Å². The first-order chi connectivity index (χ1) is 8.29. The van der Waals surface area contributed by atoms with E-state index in [0.29, 0.717) is 6.04 Å². The van der Waals surface area contributed by atoms with Gasteiger partial charge in [-0.1, -0.05) is 45.4 Å². The van der Waals surface area contributed by atoms with Gasteiger partial charge in [-0.25, -0.2) is 0 Å². The zero-order valence-electron chi connectivity index (χ0n) is 11.7. The van der Waals surface area contributed by atoms with E-state index < -0.39 is 0 Å². The minimum atomic E-state index is 0.501. The van der Waals surface area contributed by atoms with E-state index in [-0.39, 0.29) is 0 Å². The number of rotatable bonds is 8. The van der Waals surface area contributed by atoms with Crippen LogP contribution in [-0.2, 0) is 0 Å². The summed E-state index contributed by atoms with van der Waals surface area (Å²) in [5.41, 5.74) is 6.30. The van der Waals surface area contributed by atoms with Crippen molar-refractivity contribution in [2.24, 2.45) is 23.5 Å². The van der Waals surface area contributed by atoms with Crippen molar-refractivity contribution in [1.82, 2.24) is 0 Å². The Morgan fingerprint density at radius 2 is 1.88 bits per heavy atom. The third kappa shape index (κ3) is 3.98. The van der Waals surface area contributed by atoms with E-state index in [0.717, 1.165) is 17.8 Å². The molecule has 0 saturated heterocycles. The summed E-state index contributed by atoms with van der Waals surface area (Å²) < 4.78 is 0. The number of nitrogens with two attached hydrogens (primary N) is 1. The Labute approximate surface area is 108 Å². The van der Waals surface area contributed by atoms with E-state index in [9.17, 15) is 0 Å².